The van der Waals surface area contributed by atoms with Gasteiger partial charge in [0, 0.05) is 19.1 Å². The predicted molar refractivity (Wildman–Crippen MR) is 119 cm³/mol. The summed E-state index contributed by atoms with van der Waals surface area (Å²) in [6.07, 6.45) is 1.82. The molecule has 162 valence electrons. The Balaban J connectivity index is 1.51. The van der Waals surface area contributed by atoms with E-state index >= 15 is 0 Å². The summed E-state index contributed by atoms with van der Waals surface area (Å²) in [6.45, 7) is 3.31. The Morgan fingerprint density at radius 3 is 2.71 bits per heavy atom. The van der Waals surface area contributed by atoms with E-state index in [1.165, 1.54) is 16.8 Å². The zero-order chi connectivity index (χ0) is 22.0. The molecular formula is C23H24ClFN4O2. The van der Waals surface area contributed by atoms with Gasteiger partial charge in [0.15, 0.2) is 0 Å². The van der Waals surface area contributed by atoms with Crippen molar-refractivity contribution in [3.63, 3.8) is 0 Å². The predicted octanol–water partition coefficient (Wildman–Crippen LogP) is 4.38. The Labute approximate surface area is 185 Å². The standard InChI is InChI=1S/C23H24ClFN4O2/c1-15-21(22(24)29(27-15)18-11-9-16(25)10-12-18)23(30)26-17-6-5-13-28(14-17)19-7-3-4-8-20(19)31-2/h3-4,7-12,17H,5-6,13-14H2,1-2H3,(H,26,30). The van der Waals surface area contributed by atoms with Gasteiger partial charge in [-0.2, -0.15) is 5.10 Å². The van der Waals surface area contributed by atoms with Crippen LogP contribution in [0.15, 0.2) is 48.5 Å². The second-order valence-electron chi connectivity index (χ2n) is 7.57. The van der Waals surface area contributed by atoms with Crippen molar-refractivity contribution in [2.75, 3.05) is 25.1 Å². The fourth-order valence-corrected chi connectivity index (χ4v) is 4.33. The number of halogens is 2. The van der Waals surface area contributed by atoms with Crippen molar-refractivity contribution in [1.82, 2.24) is 15.1 Å². The summed E-state index contributed by atoms with van der Waals surface area (Å²) in [6, 6.07) is 13.6. The van der Waals surface area contributed by atoms with Gasteiger partial charge in [0.2, 0.25) is 0 Å². The minimum Gasteiger partial charge on any atom is -0.495 e. The summed E-state index contributed by atoms with van der Waals surface area (Å²) in [7, 11) is 1.66. The molecule has 1 amide bonds. The first-order valence-corrected chi connectivity index (χ1v) is 10.6. The van der Waals surface area contributed by atoms with E-state index in [0.717, 1.165) is 30.8 Å². The number of carbonyl (C=O) groups is 1. The van der Waals surface area contributed by atoms with Crippen LogP contribution in [0, 0.1) is 12.7 Å². The van der Waals surface area contributed by atoms with Crippen molar-refractivity contribution in [2.24, 2.45) is 0 Å². The molecule has 0 spiro atoms. The number of benzene rings is 2. The molecule has 1 unspecified atom stereocenters. The van der Waals surface area contributed by atoms with Crippen LogP contribution in [0.1, 0.15) is 28.9 Å². The van der Waals surface area contributed by atoms with Crippen molar-refractivity contribution in [2.45, 2.75) is 25.8 Å². The summed E-state index contributed by atoms with van der Waals surface area (Å²) < 4.78 is 20.2. The number of para-hydroxylation sites is 2. The highest BCUT2D eigenvalue weighted by atomic mass is 35.5. The van der Waals surface area contributed by atoms with E-state index in [0.29, 0.717) is 23.5 Å². The molecule has 1 atom stereocenters. The van der Waals surface area contributed by atoms with Gasteiger partial charge in [0.1, 0.15) is 16.7 Å². The maximum atomic E-state index is 13.2. The zero-order valence-corrected chi connectivity index (χ0v) is 18.2. The van der Waals surface area contributed by atoms with Gasteiger partial charge in [0.05, 0.1) is 29.7 Å². The second-order valence-corrected chi connectivity index (χ2v) is 7.93. The first-order chi connectivity index (χ1) is 15.0. The Morgan fingerprint density at radius 1 is 1.23 bits per heavy atom. The van der Waals surface area contributed by atoms with Gasteiger partial charge in [-0.15, -0.1) is 0 Å². The minimum atomic E-state index is -0.349. The number of amides is 1. The SMILES string of the molecule is COc1ccccc1N1CCCC(NC(=O)c2c(C)nn(-c3ccc(F)cc3)c2Cl)C1. The van der Waals surface area contributed by atoms with Crippen LogP contribution in [0.25, 0.3) is 5.69 Å². The molecule has 4 rings (SSSR count). The van der Waals surface area contributed by atoms with Gasteiger partial charge in [-0.25, -0.2) is 9.07 Å². The molecule has 0 aliphatic carbocycles. The Hall–Kier alpha value is -3.06. The van der Waals surface area contributed by atoms with Crippen LogP contribution in [0.2, 0.25) is 5.15 Å². The lowest BCUT2D eigenvalue weighted by atomic mass is 10.0. The summed E-state index contributed by atoms with van der Waals surface area (Å²) in [5.41, 5.74) is 2.46. The molecule has 1 aromatic heterocycles. The van der Waals surface area contributed by atoms with Crippen LogP contribution < -0.4 is 15.0 Å². The Bertz CT molecular complexity index is 1080. The maximum Gasteiger partial charge on any atom is 0.256 e. The molecule has 1 N–H and O–H groups in total. The number of aryl methyl sites for hydroxylation is 1. The Morgan fingerprint density at radius 2 is 1.97 bits per heavy atom. The smallest absolute Gasteiger partial charge is 0.256 e. The number of methoxy groups -OCH3 is 1. The largest absolute Gasteiger partial charge is 0.495 e. The average molecular weight is 443 g/mol. The van der Waals surface area contributed by atoms with Crippen molar-refractivity contribution >= 4 is 23.2 Å². The van der Waals surface area contributed by atoms with E-state index in [4.69, 9.17) is 16.3 Å². The summed E-state index contributed by atoms with van der Waals surface area (Å²) in [5, 5.41) is 7.70. The van der Waals surface area contributed by atoms with Gasteiger partial charge in [-0.3, -0.25) is 4.79 Å². The quantitative estimate of drug-likeness (QED) is 0.637. The van der Waals surface area contributed by atoms with Crippen molar-refractivity contribution in [1.29, 1.82) is 0 Å². The number of carbonyl (C=O) groups excluding carboxylic acids is 1. The summed E-state index contributed by atoms with van der Waals surface area (Å²) in [5.74, 6) is 0.204. The van der Waals surface area contributed by atoms with E-state index in [1.807, 2.05) is 24.3 Å². The molecule has 1 saturated heterocycles. The highest BCUT2D eigenvalue weighted by Gasteiger charge is 2.27. The van der Waals surface area contributed by atoms with Crippen LogP contribution in [-0.4, -0.2) is 41.9 Å². The molecule has 2 heterocycles. The van der Waals surface area contributed by atoms with E-state index in [-0.39, 0.29) is 22.9 Å². The lowest BCUT2D eigenvalue weighted by molar-refractivity contribution is 0.0932. The van der Waals surface area contributed by atoms with E-state index in [9.17, 15) is 9.18 Å². The van der Waals surface area contributed by atoms with Crippen LogP contribution in [0.3, 0.4) is 0 Å². The monoisotopic (exact) mass is 442 g/mol. The zero-order valence-electron chi connectivity index (χ0n) is 17.4. The molecule has 0 bridgehead atoms. The normalized spacial score (nSPS) is 16.3. The van der Waals surface area contributed by atoms with E-state index < -0.39 is 0 Å². The van der Waals surface area contributed by atoms with Crippen LogP contribution in [0.4, 0.5) is 10.1 Å². The molecule has 8 heteroatoms. The van der Waals surface area contributed by atoms with Crippen molar-refractivity contribution in [3.8, 4) is 11.4 Å². The second kappa shape index (κ2) is 8.98. The number of rotatable bonds is 5. The van der Waals surface area contributed by atoms with E-state index in [1.54, 1.807) is 26.2 Å². The molecule has 0 radical (unpaired) electrons. The molecule has 6 nitrogen and oxygen atoms in total. The number of hydrogen-bond donors (Lipinski definition) is 1. The third-order valence-electron chi connectivity index (χ3n) is 5.48. The molecule has 2 aromatic carbocycles. The fraction of sp³-hybridized carbons (Fsp3) is 0.304. The van der Waals surface area contributed by atoms with Gasteiger partial charge >= 0.3 is 0 Å². The van der Waals surface area contributed by atoms with Gasteiger partial charge < -0.3 is 15.0 Å². The van der Waals surface area contributed by atoms with Crippen molar-refractivity contribution in [3.05, 3.63) is 70.8 Å². The summed E-state index contributed by atoms with van der Waals surface area (Å²) in [4.78, 5) is 15.3. The molecular weight excluding hydrogens is 419 g/mol. The molecule has 1 aliphatic rings. The molecule has 1 aliphatic heterocycles. The molecule has 3 aromatic rings. The van der Waals surface area contributed by atoms with Gasteiger partial charge in [-0.05, 0) is 56.2 Å². The Kier molecular flexibility index (Phi) is 6.13. The van der Waals surface area contributed by atoms with Crippen molar-refractivity contribution < 1.29 is 13.9 Å². The maximum absolute atomic E-state index is 13.2. The molecule has 31 heavy (non-hydrogen) atoms. The minimum absolute atomic E-state index is 0.0317. The van der Waals surface area contributed by atoms with Crippen LogP contribution in [0.5, 0.6) is 5.75 Å². The number of hydrogen-bond acceptors (Lipinski definition) is 4. The number of nitrogens with one attached hydrogen (secondary N) is 1. The third kappa shape index (κ3) is 4.37. The third-order valence-corrected chi connectivity index (χ3v) is 5.83. The topological polar surface area (TPSA) is 59.4 Å². The number of aromatic nitrogens is 2. The average Bonchev–Trinajstić information content (AvgIpc) is 3.08. The first kappa shape index (κ1) is 21.2. The van der Waals surface area contributed by atoms with E-state index in [2.05, 4.69) is 15.3 Å². The molecule has 1 fully saturated rings. The highest BCUT2D eigenvalue weighted by Crippen LogP contribution is 2.30. The molecule has 0 saturated carbocycles. The highest BCUT2D eigenvalue weighted by molar-refractivity contribution is 6.33. The number of piperidine rings is 1. The number of ether oxygens (including phenoxy) is 1. The lowest BCUT2D eigenvalue weighted by Crippen LogP contribution is -2.48. The summed E-state index contributed by atoms with van der Waals surface area (Å²) >= 11 is 6.50. The van der Waals surface area contributed by atoms with Crippen LogP contribution in [-0.2, 0) is 0 Å². The van der Waals surface area contributed by atoms with Crippen LogP contribution >= 0.6 is 11.6 Å². The van der Waals surface area contributed by atoms with Gasteiger partial charge in [-0.1, -0.05) is 23.7 Å². The number of anilines is 1. The lowest BCUT2D eigenvalue weighted by Gasteiger charge is -2.35. The number of nitrogens with zero attached hydrogens (tertiary/aromatic N) is 3. The fourth-order valence-electron chi connectivity index (χ4n) is 3.97. The van der Waals surface area contributed by atoms with Gasteiger partial charge in [0.25, 0.3) is 5.91 Å². The first-order valence-electron chi connectivity index (χ1n) is 10.2.